The smallest absolute Gasteiger partial charge is 0.261 e. The Kier molecular flexibility index (Phi) is 7.40. The van der Waals surface area contributed by atoms with E-state index in [1.807, 2.05) is 18.2 Å². The molecule has 8 nitrogen and oxygen atoms in total. The number of hydrogen-bond donors (Lipinski definition) is 3. The largest absolute Gasteiger partial charge is 0.376 e. The predicted octanol–water partition coefficient (Wildman–Crippen LogP) is 1.82. The number of imide groups is 1. The summed E-state index contributed by atoms with van der Waals surface area (Å²) in [5.74, 6) is -2.04. The molecule has 0 saturated carbocycles. The van der Waals surface area contributed by atoms with Gasteiger partial charge >= 0.3 is 0 Å². The van der Waals surface area contributed by atoms with Gasteiger partial charge in [0, 0.05) is 24.6 Å². The van der Waals surface area contributed by atoms with Gasteiger partial charge in [-0.2, -0.15) is 0 Å². The Balaban J connectivity index is 0.000000523. The summed E-state index contributed by atoms with van der Waals surface area (Å²) in [4.78, 5) is 38.3. The van der Waals surface area contributed by atoms with Gasteiger partial charge in [-0.3, -0.25) is 19.3 Å². The first-order valence-corrected chi connectivity index (χ1v) is 10.5. The third-order valence-corrected chi connectivity index (χ3v) is 5.01. The molecular weight excluding hydrogens is 412 g/mol. The van der Waals surface area contributed by atoms with Crippen molar-refractivity contribution < 1.29 is 29.3 Å². The van der Waals surface area contributed by atoms with Crippen molar-refractivity contribution in [1.29, 1.82) is 0 Å². The van der Waals surface area contributed by atoms with Gasteiger partial charge in [0.15, 0.2) is 5.79 Å². The van der Waals surface area contributed by atoms with E-state index < -0.39 is 5.79 Å². The van der Waals surface area contributed by atoms with E-state index in [9.17, 15) is 14.4 Å². The predicted molar refractivity (Wildman–Crippen MR) is 117 cm³/mol. The van der Waals surface area contributed by atoms with E-state index in [4.69, 9.17) is 14.9 Å². The van der Waals surface area contributed by atoms with Gasteiger partial charge in [-0.1, -0.05) is 30.3 Å². The SMILES string of the molecule is CC(C)(O)O.O=C(NCC1CC(CN2C(=O)c3ccccc3C2=O)CO1)c1ccccc1. The third-order valence-electron chi connectivity index (χ3n) is 5.01. The minimum atomic E-state index is -1.50. The summed E-state index contributed by atoms with van der Waals surface area (Å²) in [5, 5.41) is 19.0. The molecule has 2 unspecified atom stereocenters. The topological polar surface area (TPSA) is 116 Å². The molecule has 170 valence electrons. The fourth-order valence-electron chi connectivity index (χ4n) is 3.61. The number of aliphatic hydroxyl groups is 2. The Morgan fingerprint density at radius 1 is 1.03 bits per heavy atom. The van der Waals surface area contributed by atoms with Gasteiger partial charge in [-0.25, -0.2) is 0 Å². The second kappa shape index (κ2) is 10.0. The van der Waals surface area contributed by atoms with Gasteiger partial charge in [0.2, 0.25) is 0 Å². The average molecular weight is 440 g/mol. The second-order valence-corrected chi connectivity index (χ2v) is 8.39. The molecule has 1 saturated heterocycles. The highest BCUT2D eigenvalue weighted by Crippen LogP contribution is 2.27. The molecular formula is C24H28N2O6. The van der Waals surface area contributed by atoms with Crippen LogP contribution in [0.4, 0.5) is 0 Å². The lowest BCUT2D eigenvalue weighted by Crippen LogP contribution is -2.35. The molecule has 2 aliphatic heterocycles. The van der Waals surface area contributed by atoms with Crippen molar-refractivity contribution in [3.05, 3.63) is 71.3 Å². The second-order valence-electron chi connectivity index (χ2n) is 8.39. The van der Waals surface area contributed by atoms with Crippen LogP contribution in [0.3, 0.4) is 0 Å². The average Bonchev–Trinajstić information content (AvgIpc) is 3.30. The molecule has 1 fully saturated rings. The fraction of sp³-hybridized carbons (Fsp3) is 0.375. The molecule has 2 aromatic carbocycles. The number of nitrogens with zero attached hydrogens (tertiary/aromatic N) is 1. The third kappa shape index (κ3) is 6.23. The summed E-state index contributed by atoms with van der Waals surface area (Å²) in [6, 6.07) is 15.9. The number of amides is 3. The van der Waals surface area contributed by atoms with Crippen LogP contribution < -0.4 is 5.32 Å². The van der Waals surface area contributed by atoms with Gasteiger partial charge in [0.05, 0.1) is 23.8 Å². The molecule has 32 heavy (non-hydrogen) atoms. The summed E-state index contributed by atoms with van der Waals surface area (Å²) in [6.07, 6.45) is 0.584. The zero-order valence-electron chi connectivity index (χ0n) is 18.2. The molecule has 0 aromatic heterocycles. The summed E-state index contributed by atoms with van der Waals surface area (Å²) < 4.78 is 5.75. The first-order valence-electron chi connectivity index (χ1n) is 10.5. The Morgan fingerprint density at radius 3 is 2.12 bits per heavy atom. The Morgan fingerprint density at radius 2 is 1.56 bits per heavy atom. The number of nitrogens with one attached hydrogen (secondary N) is 1. The van der Waals surface area contributed by atoms with E-state index in [0.29, 0.717) is 42.8 Å². The molecule has 8 heteroatoms. The zero-order valence-corrected chi connectivity index (χ0v) is 18.2. The van der Waals surface area contributed by atoms with Crippen LogP contribution >= 0.6 is 0 Å². The maximum Gasteiger partial charge on any atom is 0.261 e. The zero-order chi connectivity index (χ0) is 23.3. The van der Waals surface area contributed by atoms with Gasteiger partial charge < -0.3 is 20.3 Å². The molecule has 3 amide bonds. The van der Waals surface area contributed by atoms with Crippen LogP contribution in [0.1, 0.15) is 51.3 Å². The first kappa shape index (κ1) is 23.6. The van der Waals surface area contributed by atoms with Gasteiger partial charge in [0.25, 0.3) is 17.7 Å². The lowest BCUT2D eigenvalue weighted by Gasteiger charge is -2.17. The maximum absolute atomic E-state index is 12.5. The molecule has 2 atom stereocenters. The van der Waals surface area contributed by atoms with Crippen LogP contribution in [0.5, 0.6) is 0 Å². The van der Waals surface area contributed by atoms with E-state index in [1.54, 1.807) is 36.4 Å². The number of carbonyl (C=O) groups is 3. The lowest BCUT2D eigenvalue weighted by atomic mass is 10.0. The number of carbonyl (C=O) groups excluding carboxylic acids is 3. The van der Waals surface area contributed by atoms with Crippen molar-refractivity contribution in [3.63, 3.8) is 0 Å². The van der Waals surface area contributed by atoms with E-state index >= 15 is 0 Å². The summed E-state index contributed by atoms with van der Waals surface area (Å²) >= 11 is 0. The summed E-state index contributed by atoms with van der Waals surface area (Å²) in [7, 11) is 0. The van der Waals surface area contributed by atoms with E-state index in [2.05, 4.69) is 5.32 Å². The molecule has 0 radical (unpaired) electrons. The van der Waals surface area contributed by atoms with Gasteiger partial charge in [-0.05, 0) is 44.5 Å². The van der Waals surface area contributed by atoms with Crippen LogP contribution in [0.25, 0.3) is 0 Å². The van der Waals surface area contributed by atoms with Crippen LogP contribution in [0.2, 0.25) is 0 Å². The van der Waals surface area contributed by atoms with Crippen LogP contribution in [0.15, 0.2) is 54.6 Å². The van der Waals surface area contributed by atoms with Crippen LogP contribution in [0, 0.1) is 5.92 Å². The normalized spacial score (nSPS) is 19.9. The van der Waals surface area contributed by atoms with Crippen molar-refractivity contribution in [1.82, 2.24) is 10.2 Å². The minimum Gasteiger partial charge on any atom is -0.376 e. The van der Waals surface area contributed by atoms with E-state index in [0.717, 1.165) is 0 Å². The lowest BCUT2D eigenvalue weighted by molar-refractivity contribution is -0.127. The van der Waals surface area contributed by atoms with Crippen molar-refractivity contribution in [2.24, 2.45) is 5.92 Å². The molecule has 0 bridgehead atoms. The Labute approximate surface area is 186 Å². The van der Waals surface area contributed by atoms with Crippen LogP contribution in [-0.2, 0) is 4.74 Å². The molecule has 4 rings (SSSR count). The number of fused-ring (bicyclic) bond motifs is 1. The van der Waals surface area contributed by atoms with Crippen molar-refractivity contribution in [3.8, 4) is 0 Å². The number of benzene rings is 2. The van der Waals surface area contributed by atoms with Crippen molar-refractivity contribution >= 4 is 17.7 Å². The monoisotopic (exact) mass is 440 g/mol. The number of rotatable bonds is 5. The first-order chi connectivity index (χ1) is 15.1. The highest BCUT2D eigenvalue weighted by atomic mass is 16.5. The van der Waals surface area contributed by atoms with Gasteiger partial charge in [-0.15, -0.1) is 0 Å². The summed E-state index contributed by atoms with van der Waals surface area (Å²) in [6.45, 7) is 3.82. The Bertz CT molecular complexity index is 929. The van der Waals surface area contributed by atoms with Gasteiger partial charge in [0.1, 0.15) is 0 Å². The number of hydrogen-bond acceptors (Lipinski definition) is 6. The highest BCUT2D eigenvalue weighted by Gasteiger charge is 2.38. The maximum atomic E-state index is 12.5. The fourth-order valence-corrected chi connectivity index (χ4v) is 3.61. The summed E-state index contributed by atoms with van der Waals surface area (Å²) in [5.41, 5.74) is 1.54. The minimum absolute atomic E-state index is 0.0749. The molecule has 0 spiro atoms. The molecule has 2 aromatic rings. The molecule has 3 N–H and O–H groups in total. The van der Waals surface area contributed by atoms with E-state index in [-0.39, 0.29) is 29.7 Å². The molecule has 2 aliphatic rings. The van der Waals surface area contributed by atoms with Crippen molar-refractivity contribution in [2.75, 3.05) is 19.7 Å². The van der Waals surface area contributed by atoms with E-state index in [1.165, 1.54) is 18.7 Å². The molecule has 0 aliphatic carbocycles. The molecule has 2 heterocycles. The highest BCUT2D eigenvalue weighted by molar-refractivity contribution is 6.21. The Hall–Kier alpha value is -3.07. The van der Waals surface area contributed by atoms with Crippen LogP contribution in [-0.4, -0.2) is 64.4 Å². The quantitative estimate of drug-likeness (QED) is 0.483. The van der Waals surface area contributed by atoms with Crippen molar-refractivity contribution in [2.45, 2.75) is 32.2 Å². The standard InChI is InChI=1S/C21H20N2O4.C3H8O2/c24-19(15-6-2-1-3-7-15)22-11-16-10-14(13-27-16)12-23-20(25)17-8-4-5-9-18(17)21(23)26;1-3(2,4)5/h1-9,14,16H,10-13H2,(H,22,24);4-5H,1-2H3. The number of ether oxygens (including phenoxy) is 1.